The van der Waals surface area contributed by atoms with E-state index in [9.17, 15) is 31.5 Å². The lowest BCUT2D eigenvalue weighted by atomic mass is 10.0. The van der Waals surface area contributed by atoms with E-state index in [0.29, 0.717) is 6.42 Å². The topological polar surface area (TPSA) is 55.4 Å². The molecule has 212 valence electrons. The molecule has 0 spiro atoms. The van der Waals surface area contributed by atoms with Crippen LogP contribution in [-0.2, 0) is 9.53 Å². The summed E-state index contributed by atoms with van der Waals surface area (Å²) in [5.41, 5.74) is -1.64. The Bertz CT molecular complexity index is 819. The molecule has 0 aliphatic heterocycles. The molecule has 9 heteroatoms. The average Bonchev–Trinajstić information content (AvgIpc) is 2.86. The number of carbonyl (C=O) groups excluding carboxylic acids is 2. The SMILES string of the molecule is CCCCCCCCCCCCCCCCOC(=O)C(NC(=O)c1c(F)c(F)c(F)c(F)c1F)C(C)C. The van der Waals surface area contributed by atoms with Crippen LogP contribution in [0.1, 0.15) is 121 Å². The van der Waals surface area contributed by atoms with Crippen molar-refractivity contribution in [3.8, 4) is 0 Å². The molecule has 0 saturated heterocycles. The summed E-state index contributed by atoms with van der Waals surface area (Å²) in [5, 5.41) is 2.04. The molecule has 37 heavy (non-hydrogen) atoms. The van der Waals surface area contributed by atoms with E-state index >= 15 is 0 Å². The zero-order valence-corrected chi connectivity index (χ0v) is 22.4. The van der Waals surface area contributed by atoms with Crippen molar-refractivity contribution in [2.24, 2.45) is 5.92 Å². The van der Waals surface area contributed by atoms with Gasteiger partial charge in [-0.1, -0.05) is 104 Å². The van der Waals surface area contributed by atoms with Crippen molar-refractivity contribution in [1.82, 2.24) is 5.32 Å². The molecule has 0 saturated carbocycles. The van der Waals surface area contributed by atoms with E-state index in [1.165, 1.54) is 64.2 Å². The van der Waals surface area contributed by atoms with E-state index in [2.05, 4.69) is 6.92 Å². The summed E-state index contributed by atoms with van der Waals surface area (Å²) in [5.74, 6) is -14.3. The molecular weight excluding hydrogens is 493 g/mol. The van der Waals surface area contributed by atoms with Gasteiger partial charge in [0.05, 0.1) is 6.61 Å². The molecule has 0 fully saturated rings. The van der Waals surface area contributed by atoms with Crippen molar-refractivity contribution in [1.29, 1.82) is 0 Å². The first-order valence-electron chi connectivity index (χ1n) is 13.6. The van der Waals surface area contributed by atoms with Gasteiger partial charge in [-0.3, -0.25) is 4.79 Å². The van der Waals surface area contributed by atoms with Gasteiger partial charge in [-0.05, 0) is 12.3 Å². The van der Waals surface area contributed by atoms with Crippen LogP contribution < -0.4 is 5.32 Å². The third-order valence-corrected chi connectivity index (χ3v) is 6.39. The number of hydrogen-bond acceptors (Lipinski definition) is 3. The number of unbranched alkanes of at least 4 members (excludes halogenated alkanes) is 13. The second kappa shape index (κ2) is 18.1. The minimum absolute atomic E-state index is 0.110. The van der Waals surface area contributed by atoms with Crippen molar-refractivity contribution in [2.75, 3.05) is 6.61 Å². The Balaban J connectivity index is 2.31. The molecule has 0 bridgehead atoms. The van der Waals surface area contributed by atoms with Crippen LogP contribution in [0.3, 0.4) is 0 Å². The summed E-state index contributed by atoms with van der Waals surface area (Å²) < 4.78 is 73.1. The van der Waals surface area contributed by atoms with Crippen LogP contribution in [0.4, 0.5) is 22.0 Å². The number of esters is 1. The number of halogens is 5. The summed E-state index contributed by atoms with van der Waals surface area (Å²) in [6, 6.07) is -1.31. The number of ether oxygens (including phenoxy) is 1. The monoisotopic (exact) mass is 535 g/mol. The molecule has 1 atom stereocenters. The highest BCUT2D eigenvalue weighted by molar-refractivity contribution is 5.97. The molecule has 0 radical (unpaired) electrons. The quantitative estimate of drug-likeness (QED) is 0.0639. The zero-order chi connectivity index (χ0) is 27.8. The summed E-state index contributed by atoms with van der Waals surface area (Å²) in [7, 11) is 0. The number of rotatable bonds is 19. The molecule has 0 heterocycles. The Morgan fingerprint density at radius 2 is 1.03 bits per heavy atom. The van der Waals surface area contributed by atoms with E-state index in [1.807, 2.05) is 5.32 Å². The lowest BCUT2D eigenvalue weighted by Gasteiger charge is -2.21. The van der Waals surface area contributed by atoms with Gasteiger partial charge in [-0.15, -0.1) is 0 Å². The van der Waals surface area contributed by atoms with Gasteiger partial charge in [0.1, 0.15) is 11.6 Å². The first-order chi connectivity index (χ1) is 17.6. The number of amides is 1. The van der Waals surface area contributed by atoms with E-state index in [0.717, 1.165) is 19.3 Å². The van der Waals surface area contributed by atoms with Gasteiger partial charge >= 0.3 is 5.97 Å². The predicted octanol–water partition coefficient (Wildman–Crippen LogP) is 8.16. The maximum atomic E-state index is 13.9. The summed E-state index contributed by atoms with van der Waals surface area (Å²) in [6.45, 7) is 5.44. The molecule has 1 aromatic carbocycles. The molecule has 0 aliphatic rings. The van der Waals surface area contributed by atoms with Crippen LogP contribution in [0.15, 0.2) is 0 Å². The van der Waals surface area contributed by atoms with Gasteiger partial charge in [0.25, 0.3) is 5.91 Å². The first-order valence-corrected chi connectivity index (χ1v) is 13.6. The van der Waals surface area contributed by atoms with Crippen molar-refractivity contribution in [2.45, 2.75) is 117 Å². The van der Waals surface area contributed by atoms with Gasteiger partial charge in [0, 0.05) is 0 Å². The van der Waals surface area contributed by atoms with Crippen LogP contribution in [0.5, 0.6) is 0 Å². The second-order valence-electron chi connectivity index (χ2n) is 9.90. The fourth-order valence-corrected chi connectivity index (χ4v) is 4.07. The Morgan fingerprint density at radius 3 is 1.43 bits per heavy atom. The average molecular weight is 536 g/mol. The van der Waals surface area contributed by atoms with E-state index < -0.39 is 58.5 Å². The maximum absolute atomic E-state index is 13.9. The minimum atomic E-state index is -2.36. The maximum Gasteiger partial charge on any atom is 0.328 e. The molecule has 1 unspecified atom stereocenters. The number of nitrogens with one attached hydrogen (secondary N) is 1. The van der Waals surface area contributed by atoms with E-state index in [4.69, 9.17) is 4.74 Å². The van der Waals surface area contributed by atoms with Crippen LogP contribution >= 0.6 is 0 Å². The van der Waals surface area contributed by atoms with Crippen molar-refractivity contribution in [3.05, 3.63) is 34.6 Å². The molecule has 1 aromatic rings. The summed E-state index contributed by atoms with van der Waals surface area (Å²) >= 11 is 0. The number of benzene rings is 1. The summed E-state index contributed by atoms with van der Waals surface area (Å²) in [4.78, 5) is 24.7. The third kappa shape index (κ3) is 11.4. The molecule has 0 aliphatic carbocycles. The predicted molar refractivity (Wildman–Crippen MR) is 134 cm³/mol. The van der Waals surface area contributed by atoms with Gasteiger partial charge in [-0.25, -0.2) is 26.7 Å². The zero-order valence-electron chi connectivity index (χ0n) is 22.4. The van der Waals surface area contributed by atoms with Gasteiger partial charge in [0.15, 0.2) is 23.3 Å². The Labute approximate surface area is 217 Å². The Morgan fingerprint density at radius 1 is 0.649 bits per heavy atom. The molecule has 4 nitrogen and oxygen atoms in total. The highest BCUT2D eigenvalue weighted by atomic mass is 19.2. The Kier molecular flexibility index (Phi) is 16.1. The van der Waals surface area contributed by atoms with Crippen molar-refractivity contribution >= 4 is 11.9 Å². The van der Waals surface area contributed by atoms with Gasteiger partial charge in [0.2, 0.25) is 5.82 Å². The van der Waals surface area contributed by atoms with Crippen molar-refractivity contribution in [3.63, 3.8) is 0 Å². The lowest BCUT2D eigenvalue weighted by Crippen LogP contribution is -2.46. The van der Waals surface area contributed by atoms with Crippen LogP contribution in [0.25, 0.3) is 0 Å². The lowest BCUT2D eigenvalue weighted by molar-refractivity contribution is -0.147. The van der Waals surface area contributed by atoms with Gasteiger partial charge < -0.3 is 10.1 Å². The largest absolute Gasteiger partial charge is 0.464 e. The van der Waals surface area contributed by atoms with Crippen molar-refractivity contribution < 1.29 is 36.3 Å². The van der Waals surface area contributed by atoms with Crippen LogP contribution in [-0.4, -0.2) is 24.5 Å². The first kappa shape index (κ1) is 32.8. The van der Waals surface area contributed by atoms with E-state index in [1.54, 1.807) is 13.8 Å². The number of hydrogen-bond donors (Lipinski definition) is 1. The second-order valence-corrected chi connectivity index (χ2v) is 9.90. The smallest absolute Gasteiger partial charge is 0.328 e. The minimum Gasteiger partial charge on any atom is -0.464 e. The van der Waals surface area contributed by atoms with Crippen LogP contribution in [0.2, 0.25) is 0 Å². The summed E-state index contributed by atoms with van der Waals surface area (Å²) in [6.07, 6.45) is 16.5. The fourth-order valence-electron chi connectivity index (χ4n) is 4.07. The standard InChI is InChI=1S/C28H42F5NO3/c1-4-5-6-7-8-9-10-11-12-13-14-15-16-17-18-37-28(36)26(19(2)3)34-27(35)20-21(29)23(31)25(33)24(32)22(20)30/h19,26H,4-18H2,1-3H3,(H,34,35). The molecule has 1 rings (SSSR count). The number of carbonyl (C=O) groups is 2. The molecule has 1 amide bonds. The molecule has 0 aromatic heterocycles. The fraction of sp³-hybridized carbons (Fsp3) is 0.714. The highest BCUT2D eigenvalue weighted by Gasteiger charge is 2.33. The van der Waals surface area contributed by atoms with E-state index in [-0.39, 0.29) is 6.61 Å². The third-order valence-electron chi connectivity index (χ3n) is 6.39. The Hall–Kier alpha value is -2.19. The normalized spacial score (nSPS) is 12.1. The van der Waals surface area contributed by atoms with Crippen LogP contribution in [0, 0.1) is 35.0 Å². The molecular formula is C28H42F5NO3. The molecule has 1 N–H and O–H groups in total. The highest BCUT2D eigenvalue weighted by Crippen LogP contribution is 2.23. The van der Waals surface area contributed by atoms with Gasteiger partial charge in [-0.2, -0.15) is 0 Å².